The largest absolute Gasteiger partial charge is 0.496 e. The first kappa shape index (κ1) is 18.3. The minimum Gasteiger partial charge on any atom is -0.496 e. The maximum Gasteiger partial charge on any atom is 0.259 e. The van der Waals surface area contributed by atoms with E-state index in [2.05, 4.69) is 5.32 Å². The van der Waals surface area contributed by atoms with Crippen molar-refractivity contribution in [3.8, 4) is 5.75 Å². The summed E-state index contributed by atoms with van der Waals surface area (Å²) in [6.07, 6.45) is 0. The number of carbonyl (C=O) groups excluding carboxylic acids is 1. The fourth-order valence-corrected chi connectivity index (χ4v) is 4.16. The topological polar surface area (TPSA) is 81.7 Å². The molecular weight excluding hydrogens is 361 g/mol. The Morgan fingerprint density at radius 2 is 1.92 bits per heavy atom. The van der Waals surface area contributed by atoms with Crippen molar-refractivity contribution in [3.63, 3.8) is 0 Å². The highest BCUT2D eigenvalue weighted by atomic mass is 32.2. The smallest absolute Gasteiger partial charge is 0.259 e. The number of ether oxygens (including phenoxy) is 2. The van der Waals surface area contributed by atoms with Crippen molar-refractivity contribution in [2.24, 2.45) is 5.92 Å². The summed E-state index contributed by atoms with van der Waals surface area (Å²) in [6, 6.07) is 9.43. The maximum absolute atomic E-state index is 13.0. The molecular formula is C18H18FNO5S. The zero-order valence-electron chi connectivity index (χ0n) is 14.1. The molecule has 1 saturated heterocycles. The average molecular weight is 379 g/mol. The molecule has 1 amide bonds. The number of hydrogen-bond acceptors (Lipinski definition) is 5. The number of rotatable bonds is 6. The summed E-state index contributed by atoms with van der Waals surface area (Å²) in [5.41, 5.74) is 0.473. The highest BCUT2D eigenvalue weighted by Gasteiger charge is 2.28. The molecule has 6 nitrogen and oxygen atoms in total. The summed E-state index contributed by atoms with van der Waals surface area (Å²) in [5, 5.41) is 2.60. The van der Waals surface area contributed by atoms with Crippen LogP contribution in [0.15, 0.2) is 47.4 Å². The molecule has 2 aromatic rings. The first-order valence-electron chi connectivity index (χ1n) is 7.94. The first-order valence-corrected chi connectivity index (χ1v) is 9.60. The van der Waals surface area contributed by atoms with E-state index in [4.69, 9.17) is 9.47 Å². The number of methoxy groups -OCH3 is 1. The number of hydrogen-bond donors (Lipinski definition) is 1. The van der Waals surface area contributed by atoms with Crippen molar-refractivity contribution < 1.29 is 27.1 Å². The molecule has 8 heteroatoms. The molecule has 26 heavy (non-hydrogen) atoms. The third kappa shape index (κ3) is 4.03. The van der Waals surface area contributed by atoms with Gasteiger partial charge in [-0.2, -0.15) is 0 Å². The number of anilines is 1. The number of benzene rings is 2. The van der Waals surface area contributed by atoms with Crippen LogP contribution in [0.25, 0.3) is 0 Å². The highest BCUT2D eigenvalue weighted by molar-refractivity contribution is 7.91. The number of carbonyl (C=O) groups is 1. The molecule has 3 rings (SSSR count). The van der Waals surface area contributed by atoms with Gasteiger partial charge in [0.15, 0.2) is 9.84 Å². The lowest BCUT2D eigenvalue weighted by atomic mass is 10.1. The van der Waals surface area contributed by atoms with Crippen LogP contribution in [0.3, 0.4) is 0 Å². The van der Waals surface area contributed by atoms with E-state index in [9.17, 15) is 17.6 Å². The van der Waals surface area contributed by atoms with Gasteiger partial charge in [0.1, 0.15) is 11.6 Å². The molecule has 0 aliphatic carbocycles. The lowest BCUT2D eigenvalue weighted by Crippen LogP contribution is -2.33. The van der Waals surface area contributed by atoms with E-state index in [0.29, 0.717) is 18.9 Å². The summed E-state index contributed by atoms with van der Waals surface area (Å²) < 4.78 is 48.2. The fraction of sp³-hybridized carbons (Fsp3) is 0.278. The van der Waals surface area contributed by atoms with Crippen LogP contribution in [-0.2, 0) is 14.6 Å². The lowest BCUT2D eigenvalue weighted by Gasteiger charge is -2.25. The van der Waals surface area contributed by atoms with Gasteiger partial charge in [0.25, 0.3) is 5.91 Å². The van der Waals surface area contributed by atoms with Crippen LogP contribution in [0.2, 0.25) is 0 Å². The second-order valence-electron chi connectivity index (χ2n) is 6.01. The molecule has 0 spiro atoms. The van der Waals surface area contributed by atoms with E-state index < -0.39 is 21.6 Å². The molecule has 0 bridgehead atoms. The predicted octanol–water partition coefficient (Wildman–Crippen LogP) is 2.51. The minimum atomic E-state index is -3.54. The van der Waals surface area contributed by atoms with E-state index in [0.717, 1.165) is 0 Å². The van der Waals surface area contributed by atoms with Crippen LogP contribution in [0.1, 0.15) is 10.4 Å². The third-order valence-corrected chi connectivity index (χ3v) is 5.92. The van der Waals surface area contributed by atoms with E-state index >= 15 is 0 Å². The van der Waals surface area contributed by atoms with Gasteiger partial charge >= 0.3 is 0 Å². The molecule has 1 N–H and O–H groups in total. The summed E-state index contributed by atoms with van der Waals surface area (Å²) in [5.74, 6) is -0.779. The average Bonchev–Trinajstić information content (AvgIpc) is 2.59. The van der Waals surface area contributed by atoms with Gasteiger partial charge in [-0.25, -0.2) is 12.8 Å². The van der Waals surface area contributed by atoms with Gasteiger partial charge in [0, 0.05) is 11.6 Å². The third-order valence-electron chi connectivity index (χ3n) is 4.04. The lowest BCUT2D eigenvalue weighted by molar-refractivity contribution is -0.0204. The van der Waals surface area contributed by atoms with Gasteiger partial charge in [-0.1, -0.05) is 0 Å². The van der Waals surface area contributed by atoms with Gasteiger partial charge in [0.2, 0.25) is 0 Å². The first-order chi connectivity index (χ1) is 12.4. The van der Waals surface area contributed by atoms with Gasteiger partial charge in [0.05, 0.1) is 36.5 Å². The predicted molar refractivity (Wildman–Crippen MR) is 93.7 cm³/mol. The van der Waals surface area contributed by atoms with Crippen molar-refractivity contribution in [1.82, 2.24) is 0 Å². The summed E-state index contributed by atoms with van der Waals surface area (Å²) >= 11 is 0. The number of nitrogens with one attached hydrogen (secondary N) is 1. The quantitative estimate of drug-likeness (QED) is 0.834. The van der Waals surface area contributed by atoms with Crippen LogP contribution in [0.5, 0.6) is 5.75 Å². The SMILES string of the molecule is COc1ccc(S(=O)(=O)CC2COC2)cc1C(=O)Nc1ccc(F)cc1. The van der Waals surface area contributed by atoms with Gasteiger partial charge < -0.3 is 14.8 Å². The standard InChI is InChI=1S/C18H18FNO5S/c1-24-17-7-6-15(26(22,23)11-12-9-25-10-12)8-16(17)18(21)20-14-4-2-13(19)3-5-14/h2-8,12H,9-11H2,1H3,(H,20,21). The van der Waals surface area contributed by atoms with Crippen LogP contribution < -0.4 is 10.1 Å². The van der Waals surface area contributed by atoms with E-state index in [1.54, 1.807) is 0 Å². The molecule has 0 saturated carbocycles. The Morgan fingerprint density at radius 1 is 1.23 bits per heavy atom. The van der Waals surface area contributed by atoms with Crippen molar-refractivity contribution in [2.45, 2.75) is 4.90 Å². The summed E-state index contributed by atoms with van der Waals surface area (Å²) in [6.45, 7) is 0.848. The van der Waals surface area contributed by atoms with Crippen LogP contribution >= 0.6 is 0 Å². The van der Waals surface area contributed by atoms with E-state index in [-0.39, 0.29) is 27.9 Å². The Hall–Kier alpha value is -2.45. The monoisotopic (exact) mass is 379 g/mol. The second kappa shape index (κ2) is 7.43. The Bertz CT molecular complexity index is 908. The molecule has 1 aliphatic heterocycles. The molecule has 2 aromatic carbocycles. The zero-order valence-corrected chi connectivity index (χ0v) is 14.9. The van der Waals surface area contributed by atoms with Crippen molar-refractivity contribution >= 4 is 21.4 Å². The molecule has 0 atom stereocenters. The molecule has 1 heterocycles. The Morgan fingerprint density at radius 3 is 2.50 bits per heavy atom. The zero-order chi connectivity index (χ0) is 18.7. The number of amides is 1. The van der Waals surface area contributed by atoms with Gasteiger partial charge in [-0.05, 0) is 42.5 Å². The van der Waals surface area contributed by atoms with Crippen molar-refractivity contribution in [3.05, 3.63) is 53.8 Å². The fourth-order valence-electron chi connectivity index (χ4n) is 2.58. The molecule has 0 radical (unpaired) electrons. The normalized spacial score (nSPS) is 14.5. The van der Waals surface area contributed by atoms with E-state index in [1.165, 1.54) is 49.6 Å². The van der Waals surface area contributed by atoms with Crippen LogP contribution in [0, 0.1) is 11.7 Å². The molecule has 138 valence electrons. The number of halogens is 1. The van der Waals surface area contributed by atoms with Gasteiger partial charge in [-0.3, -0.25) is 4.79 Å². The Kier molecular flexibility index (Phi) is 5.24. The van der Waals surface area contributed by atoms with Crippen LogP contribution in [-0.4, -0.2) is 40.4 Å². The maximum atomic E-state index is 13.0. The summed E-state index contributed by atoms with van der Waals surface area (Å²) in [7, 11) is -2.15. The molecule has 0 aromatic heterocycles. The summed E-state index contributed by atoms with van der Waals surface area (Å²) in [4.78, 5) is 12.6. The molecule has 1 aliphatic rings. The van der Waals surface area contributed by atoms with Gasteiger partial charge in [-0.15, -0.1) is 0 Å². The molecule has 1 fully saturated rings. The highest BCUT2D eigenvalue weighted by Crippen LogP contribution is 2.26. The Balaban J connectivity index is 1.87. The minimum absolute atomic E-state index is 0.0291. The molecule has 0 unspecified atom stereocenters. The van der Waals surface area contributed by atoms with E-state index in [1.807, 2.05) is 0 Å². The second-order valence-corrected chi connectivity index (χ2v) is 8.04. The van der Waals surface area contributed by atoms with Crippen molar-refractivity contribution in [1.29, 1.82) is 0 Å². The van der Waals surface area contributed by atoms with Crippen LogP contribution in [0.4, 0.5) is 10.1 Å². The number of sulfone groups is 1. The Labute approximate surface area is 150 Å². The van der Waals surface area contributed by atoms with Crippen molar-refractivity contribution in [2.75, 3.05) is 31.4 Å².